The van der Waals surface area contributed by atoms with Crippen LogP contribution in [0.2, 0.25) is 5.02 Å². The maximum absolute atomic E-state index is 12.4. The highest BCUT2D eigenvalue weighted by atomic mass is 35.5. The molecule has 0 fully saturated rings. The number of carbonyl (C=O) groups excluding carboxylic acids is 1. The number of likely N-dealkylation sites (N-methyl/N-ethyl adjacent to an activating group) is 1. The first-order valence-corrected chi connectivity index (χ1v) is 7.67. The predicted molar refractivity (Wildman–Crippen MR) is 80.9 cm³/mol. The summed E-state index contributed by atoms with van der Waals surface area (Å²) < 4.78 is 0. The molecule has 1 aromatic rings. The average Bonchev–Trinajstić information content (AvgIpc) is 2.42. The van der Waals surface area contributed by atoms with E-state index in [4.69, 9.17) is 16.7 Å². The van der Waals surface area contributed by atoms with Gasteiger partial charge in [-0.05, 0) is 20.4 Å². The van der Waals surface area contributed by atoms with Gasteiger partial charge < -0.3 is 14.9 Å². The topological polar surface area (TPSA) is 86.6 Å². The van der Waals surface area contributed by atoms with E-state index in [1.54, 1.807) is 6.26 Å². The number of aliphatic carboxylic acids is 1. The molecule has 116 valence electrons. The van der Waals surface area contributed by atoms with E-state index in [-0.39, 0.29) is 17.3 Å². The van der Waals surface area contributed by atoms with E-state index in [1.807, 2.05) is 19.0 Å². The molecule has 0 saturated carbocycles. The molecule has 0 spiro atoms. The molecule has 9 heteroatoms. The zero-order valence-corrected chi connectivity index (χ0v) is 13.6. The normalized spacial score (nSPS) is 10.7. The fourth-order valence-corrected chi connectivity index (χ4v) is 2.00. The van der Waals surface area contributed by atoms with Crippen LogP contribution in [0.15, 0.2) is 11.4 Å². The van der Waals surface area contributed by atoms with Gasteiger partial charge in [0.15, 0.2) is 10.9 Å². The van der Waals surface area contributed by atoms with Crippen LogP contribution in [0.3, 0.4) is 0 Å². The molecule has 1 rings (SSSR count). The molecule has 21 heavy (non-hydrogen) atoms. The standard InChI is InChI=1S/C12H17ClN4O3S/c1-16(2)4-5-17(7-9(18)19)11(20)10-8(13)6-14-12(15-10)21-3/h6H,4-5,7H2,1-3H3,(H,18,19). The highest BCUT2D eigenvalue weighted by molar-refractivity contribution is 7.98. The summed E-state index contributed by atoms with van der Waals surface area (Å²) in [7, 11) is 3.68. The van der Waals surface area contributed by atoms with Crippen molar-refractivity contribution < 1.29 is 14.7 Å². The summed E-state index contributed by atoms with van der Waals surface area (Å²) in [5.41, 5.74) is 0.0241. The zero-order valence-electron chi connectivity index (χ0n) is 12.0. The minimum absolute atomic E-state index is 0.0241. The van der Waals surface area contributed by atoms with Gasteiger partial charge in [0, 0.05) is 13.1 Å². The summed E-state index contributed by atoms with van der Waals surface area (Å²) >= 11 is 7.23. The lowest BCUT2D eigenvalue weighted by Crippen LogP contribution is -2.40. The van der Waals surface area contributed by atoms with Crippen LogP contribution < -0.4 is 0 Å². The number of amides is 1. The second-order valence-corrected chi connectivity index (χ2v) is 5.66. The summed E-state index contributed by atoms with van der Waals surface area (Å²) in [6.07, 6.45) is 3.12. The van der Waals surface area contributed by atoms with Gasteiger partial charge in [-0.2, -0.15) is 0 Å². The number of aromatic nitrogens is 2. The van der Waals surface area contributed by atoms with Gasteiger partial charge in [0.25, 0.3) is 5.91 Å². The Kier molecular flexibility index (Phi) is 6.86. The highest BCUT2D eigenvalue weighted by Crippen LogP contribution is 2.18. The van der Waals surface area contributed by atoms with Crippen LogP contribution in [0.5, 0.6) is 0 Å². The molecule has 1 N–H and O–H groups in total. The SMILES string of the molecule is CSc1ncc(Cl)c(C(=O)N(CCN(C)C)CC(=O)O)n1. The molecule has 0 saturated heterocycles. The lowest BCUT2D eigenvalue weighted by molar-refractivity contribution is -0.137. The first kappa shape index (κ1) is 17.7. The lowest BCUT2D eigenvalue weighted by Gasteiger charge is -2.22. The Hall–Kier alpha value is -1.38. The van der Waals surface area contributed by atoms with Gasteiger partial charge >= 0.3 is 5.97 Å². The molecule has 0 aliphatic rings. The van der Waals surface area contributed by atoms with Crippen LogP contribution in [0.25, 0.3) is 0 Å². The molecule has 0 aromatic carbocycles. The van der Waals surface area contributed by atoms with Gasteiger partial charge in [-0.1, -0.05) is 23.4 Å². The minimum atomic E-state index is -1.09. The number of thioether (sulfide) groups is 1. The first-order valence-electron chi connectivity index (χ1n) is 6.07. The predicted octanol–water partition coefficient (Wildman–Crippen LogP) is 0.940. The second kappa shape index (κ2) is 8.16. The van der Waals surface area contributed by atoms with Gasteiger partial charge in [-0.15, -0.1) is 0 Å². The third-order valence-electron chi connectivity index (χ3n) is 2.54. The number of halogens is 1. The Balaban J connectivity index is 3.00. The number of hydrogen-bond acceptors (Lipinski definition) is 6. The zero-order chi connectivity index (χ0) is 16.0. The number of rotatable bonds is 7. The number of carboxylic acid groups (broad SMARTS) is 1. The van der Waals surface area contributed by atoms with Crippen LogP contribution in [-0.2, 0) is 4.79 Å². The van der Waals surface area contributed by atoms with Gasteiger partial charge in [-0.25, -0.2) is 9.97 Å². The van der Waals surface area contributed by atoms with Crippen molar-refractivity contribution in [2.75, 3.05) is 40.0 Å². The van der Waals surface area contributed by atoms with Gasteiger partial charge in [0.05, 0.1) is 11.2 Å². The number of nitrogens with zero attached hydrogens (tertiary/aromatic N) is 4. The minimum Gasteiger partial charge on any atom is -0.480 e. The van der Waals surface area contributed by atoms with E-state index in [0.29, 0.717) is 11.7 Å². The first-order chi connectivity index (χ1) is 9.85. The Morgan fingerprint density at radius 3 is 2.57 bits per heavy atom. The smallest absolute Gasteiger partial charge is 0.323 e. The molecule has 0 radical (unpaired) electrons. The fraction of sp³-hybridized carbons (Fsp3) is 0.500. The van der Waals surface area contributed by atoms with Crippen LogP contribution in [0.4, 0.5) is 0 Å². The van der Waals surface area contributed by atoms with Crippen molar-refractivity contribution >= 4 is 35.2 Å². The monoisotopic (exact) mass is 332 g/mol. The van der Waals surface area contributed by atoms with E-state index in [1.165, 1.54) is 22.9 Å². The molecular formula is C12H17ClN4O3S. The number of hydrogen-bond donors (Lipinski definition) is 1. The van der Waals surface area contributed by atoms with Crippen LogP contribution >= 0.6 is 23.4 Å². The molecule has 1 amide bonds. The lowest BCUT2D eigenvalue weighted by atomic mass is 10.3. The molecule has 0 unspecified atom stereocenters. The van der Waals surface area contributed by atoms with E-state index >= 15 is 0 Å². The van der Waals surface area contributed by atoms with Crippen LogP contribution in [0, 0.1) is 0 Å². The molecule has 7 nitrogen and oxygen atoms in total. The summed E-state index contributed by atoms with van der Waals surface area (Å²) in [4.78, 5) is 34.5. The van der Waals surface area contributed by atoms with Crippen molar-refractivity contribution in [1.82, 2.24) is 19.8 Å². The Morgan fingerprint density at radius 1 is 1.38 bits per heavy atom. The largest absolute Gasteiger partial charge is 0.480 e. The van der Waals surface area contributed by atoms with Crippen LogP contribution in [-0.4, -0.2) is 76.7 Å². The number of carboxylic acids is 1. The van der Waals surface area contributed by atoms with Crippen molar-refractivity contribution in [2.24, 2.45) is 0 Å². The quantitative estimate of drug-likeness (QED) is 0.587. The molecule has 0 aliphatic carbocycles. The van der Waals surface area contributed by atoms with Crippen molar-refractivity contribution in [2.45, 2.75) is 5.16 Å². The Bertz CT molecular complexity index is 527. The van der Waals surface area contributed by atoms with Crippen LogP contribution in [0.1, 0.15) is 10.5 Å². The maximum Gasteiger partial charge on any atom is 0.323 e. The van der Waals surface area contributed by atoms with E-state index < -0.39 is 18.4 Å². The molecule has 1 aromatic heterocycles. The molecule has 0 bridgehead atoms. The molecular weight excluding hydrogens is 316 g/mol. The third kappa shape index (κ3) is 5.49. The van der Waals surface area contributed by atoms with Gasteiger partial charge in [0.1, 0.15) is 6.54 Å². The molecule has 1 heterocycles. The Labute approximate surface area is 132 Å². The highest BCUT2D eigenvalue weighted by Gasteiger charge is 2.23. The van der Waals surface area contributed by atoms with Crippen molar-refractivity contribution in [3.05, 3.63) is 16.9 Å². The summed E-state index contributed by atoms with van der Waals surface area (Å²) in [5, 5.41) is 9.45. The number of carbonyl (C=O) groups is 2. The summed E-state index contributed by atoms with van der Waals surface area (Å²) in [6.45, 7) is 0.409. The van der Waals surface area contributed by atoms with Crippen molar-refractivity contribution in [3.8, 4) is 0 Å². The van der Waals surface area contributed by atoms with E-state index in [0.717, 1.165) is 0 Å². The maximum atomic E-state index is 12.4. The van der Waals surface area contributed by atoms with Gasteiger partial charge in [0.2, 0.25) is 0 Å². The summed E-state index contributed by atoms with van der Waals surface area (Å²) in [6, 6.07) is 0. The average molecular weight is 333 g/mol. The molecule has 0 atom stereocenters. The van der Waals surface area contributed by atoms with Gasteiger partial charge in [-0.3, -0.25) is 9.59 Å². The second-order valence-electron chi connectivity index (χ2n) is 4.48. The molecule has 0 aliphatic heterocycles. The fourth-order valence-electron chi connectivity index (χ4n) is 1.49. The van der Waals surface area contributed by atoms with Crippen molar-refractivity contribution in [3.63, 3.8) is 0 Å². The van der Waals surface area contributed by atoms with E-state index in [9.17, 15) is 9.59 Å². The third-order valence-corrected chi connectivity index (χ3v) is 3.38. The summed E-state index contributed by atoms with van der Waals surface area (Å²) in [5.74, 6) is -1.60. The Morgan fingerprint density at radius 2 is 2.05 bits per heavy atom. The van der Waals surface area contributed by atoms with E-state index in [2.05, 4.69) is 9.97 Å². The van der Waals surface area contributed by atoms with Crippen molar-refractivity contribution in [1.29, 1.82) is 0 Å².